The Kier molecular flexibility index (Phi) is 5.38. The molecule has 2 heterocycles. The van der Waals surface area contributed by atoms with Gasteiger partial charge in [-0.2, -0.15) is 0 Å². The first-order valence-corrected chi connectivity index (χ1v) is 10.5. The van der Waals surface area contributed by atoms with Crippen molar-refractivity contribution < 1.29 is 9.53 Å². The van der Waals surface area contributed by atoms with Crippen molar-refractivity contribution in [3.63, 3.8) is 0 Å². The van der Waals surface area contributed by atoms with E-state index in [4.69, 9.17) is 4.74 Å². The molecule has 0 radical (unpaired) electrons. The molecular formula is C22H30N4O2. The summed E-state index contributed by atoms with van der Waals surface area (Å²) < 4.78 is 7.50. The standard InChI is InChI=1S/C22H30N4O2/c1-3-12-25-16-23-24-20(25)19-14-26(15-22(19)10-5-4-6-11-22)21(27)17-8-7-9-18(13-17)28-2/h7-9,13,16,19H,3-6,10-12,14-15H2,1-2H3. The molecule has 2 fully saturated rings. The van der Waals surface area contributed by atoms with Crippen LogP contribution >= 0.6 is 0 Å². The number of carbonyl (C=O) groups excluding carboxylic acids is 1. The lowest BCUT2D eigenvalue weighted by molar-refractivity contribution is 0.0758. The van der Waals surface area contributed by atoms with Crippen molar-refractivity contribution in [2.45, 2.75) is 57.9 Å². The van der Waals surface area contributed by atoms with Crippen LogP contribution in [0.4, 0.5) is 0 Å². The number of ether oxygens (including phenoxy) is 1. The molecule has 1 atom stereocenters. The van der Waals surface area contributed by atoms with Crippen LogP contribution in [0.3, 0.4) is 0 Å². The zero-order chi connectivity index (χ0) is 19.6. The maximum atomic E-state index is 13.3. The van der Waals surface area contributed by atoms with Gasteiger partial charge in [0.25, 0.3) is 5.91 Å². The summed E-state index contributed by atoms with van der Waals surface area (Å²) in [6.45, 7) is 4.64. The molecule has 150 valence electrons. The fourth-order valence-corrected chi connectivity index (χ4v) is 5.13. The smallest absolute Gasteiger partial charge is 0.254 e. The predicted molar refractivity (Wildman–Crippen MR) is 107 cm³/mol. The van der Waals surface area contributed by atoms with Crippen LogP contribution in [0.2, 0.25) is 0 Å². The number of benzene rings is 1. The minimum Gasteiger partial charge on any atom is -0.497 e. The molecule has 4 rings (SSSR count). The van der Waals surface area contributed by atoms with Gasteiger partial charge in [-0.25, -0.2) is 0 Å². The second kappa shape index (κ2) is 7.94. The molecule has 1 aliphatic heterocycles. The summed E-state index contributed by atoms with van der Waals surface area (Å²) >= 11 is 0. The summed E-state index contributed by atoms with van der Waals surface area (Å²) in [5, 5.41) is 8.72. The third-order valence-electron chi connectivity index (χ3n) is 6.52. The Morgan fingerprint density at radius 3 is 2.86 bits per heavy atom. The van der Waals surface area contributed by atoms with Crippen LogP contribution in [0.5, 0.6) is 5.75 Å². The van der Waals surface area contributed by atoms with Crippen LogP contribution < -0.4 is 4.74 Å². The Labute approximate surface area is 166 Å². The first-order valence-electron chi connectivity index (χ1n) is 10.5. The van der Waals surface area contributed by atoms with E-state index in [-0.39, 0.29) is 17.2 Å². The highest BCUT2D eigenvalue weighted by atomic mass is 16.5. The molecule has 6 heteroatoms. The van der Waals surface area contributed by atoms with E-state index in [1.54, 1.807) is 7.11 Å². The topological polar surface area (TPSA) is 60.2 Å². The second-order valence-electron chi connectivity index (χ2n) is 8.28. The lowest BCUT2D eigenvalue weighted by Gasteiger charge is -2.37. The minimum absolute atomic E-state index is 0.0907. The highest BCUT2D eigenvalue weighted by molar-refractivity contribution is 5.95. The molecule has 2 aliphatic rings. The molecule has 1 aromatic heterocycles. The molecule has 2 aromatic rings. The number of aromatic nitrogens is 3. The van der Waals surface area contributed by atoms with Gasteiger partial charge in [0, 0.05) is 31.1 Å². The number of amides is 1. The highest BCUT2D eigenvalue weighted by Gasteiger charge is 2.50. The minimum atomic E-state index is 0.0907. The lowest BCUT2D eigenvalue weighted by Crippen LogP contribution is -2.34. The number of aryl methyl sites for hydroxylation is 1. The predicted octanol–water partition coefficient (Wildman–Crippen LogP) is 3.89. The summed E-state index contributed by atoms with van der Waals surface area (Å²) in [4.78, 5) is 15.3. The number of methoxy groups -OCH3 is 1. The van der Waals surface area contributed by atoms with Crippen molar-refractivity contribution in [1.82, 2.24) is 19.7 Å². The third-order valence-corrected chi connectivity index (χ3v) is 6.52. The lowest BCUT2D eigenvalue weighted by atomic mass is 9.67. The van der Waals surface area contributed by atoms with Crippen LogP contribution in [0.1, 0.15) is 67.5 Å². The number of carbonyl (C=O) groups is 1. The van der Waals surface area contributed by atoms with Crippen LogP contribution in [0, 0.1) is 5.41 Å². The Balaban J connectivity index is 1.64. The van der Waals surface area contributed by atoms with Crippen molar-refractivity contribution >= 4 is 5.91 Å². The molecule has 1 saturated carbocycles. The molecular weight excluding hydrogens is 352 g/mol. The molecule has 1 aliphatic carbocycles. The number of hydrogen-bond acceptors (Lipinski definition) is 4. The normalized spacial score (nSPS) is 21.2. The van der Waals surface area contributed by atoms with E-state index >= 15 is 0 Å². The van der Waals surface area contributed by atoms with Crippen molar-refractivity contribution in [2.24, 2.45) is 5.41 Å². The molecule has 1 aromatic carbocycles. The van der Waals surface area contributed by atoms with Crippen molar-refractivity contribution in [3.05, 3.63) is 42.0 Å². The Morgan fingerprint density at radius 2 is 2.11 bits per heavy atom. The molecule has 1 spiro atoms. The van der Waals surface area contributed by atoms with Gasteiger partial charge in [0.1, 0.15) is 17.9 Å². The maximum Gasteiger partial charge on any atom is 0.254 e. The van der Waals surface area contributed by atoms with Crippen LogP contribution in [-0.4, -0.2) is 45.8 Å². The van der Waals surface area contributed by atoms with Gasteiger partial charge in [-0.1, -0.05) is 32.3 Å². The Hall–Kier alpha value is -2.37. The average molecular weight is 383 g/mol. The largest absolute Gasteiger partial charge is 0.497 e. The third kappa shape index (κ3) is 3.40. The van der Waals surface area contributed by atoms with Gasteiger partial charge in [0.2, 0.25) is 0 Å². The average Bonchev–Trinajstić information content (AvgIpc) is 3.33. The maximum absolute atomic E-state index is 13.3. The first kappa shape index (κ1) is 19.0. The number of likely N-dealkylation sites (tertiary alicyclic amines) is 1. The van der Waals surface area contributed by atoms with Gasteiger partial charge in [-0.3, -0.25) is 4.79 Å². The van der Waals surface area contributed by atoms with E-state index in [0.29, 0.717) is 5.56 Å². The molecule has 1 amide bonds. The van der Waals surface area contributed by atoms with E-state index in [2.05, 4.69) is 21.7 Å². The summed E-state index contributed by atoms with van der Waals surface area (Å²) in [6, 6.07) is 7.47. The number of rotatable bonds is 5. The molecule has 0 N–H and O–H groups in total. The van der Waals surface area contributed by atoms with Gasteiger partial charge in [0.05, 0.1) is 7.11 Å². The SMILES string of the molecule is CCCn1cnnc1C1CN(C(=O)c2cccc(OC)c2)CC12CCCCC2. The Morgan fingerprint density at radius 1 is 1.29 bits per heavy atom. The van der Waals surface area contributed by atoms with Gasteiger partial charge >= 0.3 is 0 Å². The van der Waals surface area contributed by atoms with E-state index in [1.165, 1.54) is 32.1 Å². The van der Waals surface area contributed by atoms with Crippen LogP contribution in [0.15, 0.2) is 30.6 Å². The molecule has 1 unspecified atom stereocenters. The first-order chi connectivity index (χ1) is 13.7. The highest BCUT2D eigenvalue weighted by Crippen LogP contribution is 2.51. The van der Waals surface area contributed by atoms with E-state index in [9.17, 15) is 4.79 Å². The van der Waals surface area contributed by atoms with Crippen molar-refractivity contribution in [1.29, 1.82) is 0 Å². The van der Waals surface area contributed by atoms with Gasteiger partial charge in [-0.05, 0) is 42.9 Å². The quantitative estimate of drug-likeness (QED) is 0.787. The van der Waals surface area contributed by atoms with Crippen LogP contribution in [-0.2, 0) is 6.54 Å². The van der Waals surface area contributed by atoms with Gasteiger partial charge in [0.15, 0.2) is 0 Å². The molecule has 1 saturated heterocycles. The van der Waals surface area contributed by atoms with Crippen molar-refractivity contribution in [2.75, 3.05) is 20.2 Å². The molecule has 6 nitrogen and oxygen atoms in total. The summed E-state index contributed by atoms with van der Waals surface area (Å²) in [5.74, 6) is 2.13. The van der Waals surface area contributed by atoms with Gasteiger partial charge < -0.3 is 14.2 Å². The van der Waals surface area contributed by atoms with Crippen LogP contribution in [0.25, 0.3) is 0 Å². The van der Waals surface area contributed by atoms with Crippen molar-refractivity contribution in [3.8, 4) is 5.75 Å². The molecule has 28 heavy (non-hydrogen) atoms. The van der Waals surface area contributed by atoms with Gasteiger partial charge in [-0.15, -0.1) is 10.2 Å². The zero-order valence-corrected chi connectivity index (χ0v) is 16.9. The monoisotopic (exact) mass is 382 g/mol. The summed E-state index contributed by atoms with van der Waals surface area (Å²) in [6.07, 6.45) is 9.00. The number of hydrogen-bond donors (Lipinski definition) is 0. The van der Waals surface area contributed by atoms with E-state index in [1.807, 2.05) is 35.5 Å². The van der Waals surface area contributed by atoms with E-state index in [0.717, 1.165) is 37.6 Å². The second-order valence-corrected chi connectivity index (χ2v) is 8.28. The fourth-order valence-electron chi connectivity index (χ4n) is 5.13. The Bertz CT molecular complexity index is 825. The summed E-state index contributed by atoms with van der Waals surface area (Å²) in [5.41, 5.74) is 0.826. The molecule has 0 bridgehead atoms. The zero-order valence-electron chi connectivity index (χ0n) is 16.9. The van der Waals surface area contributed by atoms with E-state index < -0.39 is 0 Å². The fraction of sp³-hybridized carbons (Fsp3) is 0.591. The number of nitrogens with zero attached hydrogens (tertiary/aromatic N) is 4. The summed E-state index contributed by atoms with van der Waals surface area (Å²) in [7, 11) is 1.63.